The van der Waals surface area contributed by atoms with E-state index < -0.39 is 5.97 Å². The average molecular weight is 333 g/mol. The number of esters is 1. The largest absolute Gasteiger partial charge is 0.491 e. The Labute approximate surface area is 141 Å². The molecule has 1 saturated heterocycles. The number of benzene rings is 1. The third-order valence-electron chi connectivity index (χ3n) is 4.63. The molecule has 0 aromatic heterocycles. The summed E-state index contributed by atoms with van der Waals surface area (Å²) in [6.45, 7) is 4.09. The summed E-state index contributed by atoms with van der Waals surface area (Å²) in [6.07, 6.45) is 1.80. The molecule has 0 aliphatic carbocycles. The van der Waals surface area contributed by atoms with E-state index in [2.05, 4.69) is 0 Å². The van der Waals surface area contributed by atoms with Crippen molar-refractivity contribution >= 4 is 11.9 Å². The van der Waals surface area contributed by atoms with Gasteiger partial charge in [0.05, 0.1) is 31.2 Å². The maximum absolute atomic E-state index is 12.9. The normalized spacial score (nSPS) is 23.7. The van der Waals surface area contributed by atoms with Crippen LogP contribution in [0.3, 0.4) is 0 Å². The molecular formula is C18H23NO5. The van der Waals surface area contributed by atoms with E-state index in [0.29, 0.717) is 31.1 Å². The van der Waals surface area contributed by atoms with E-state index in [1.54, 1.807) is 12.1 Å². The Balaban J connectivity index is 1.81. The Kier molecular flexibility index (Phi) is 5.04. The number of nitrogens with zero attached hydrogens (tertiary/aromatic N) is 1. The molecule has 0 spiro atoms. The Morgan fingerprint density at radius 1 is 1.29 bits per heavy atom. The third kappa shape index (κ3) is 3.38. The van der Waals surface area contributed by atoms with Crippen LogP contribution in [0.4, 0.5) is 0 Å². The fourth-order valence-electron chi connectivity index (χ4n) is 3.17. The number of amides is 1. The van der Waals surface area contributed by atoms with Crippen molar-refractivity contribution in [3.8, 4) is 5.75 Å². The summed E-state index contributed by atoms with van der Waals surface area (Å²) in [5.41, 5.74) is 1.35. The second kappa shape index (κ2) is 7.21. The van der Waals surface area contributed by atoms with Crippen LogP contribution >= 0.6 is 0 Å². The average Bonchev–Trinajstić information content (AvgIpc) is 2.80. The van der Waals surface area contributed by atoms with Gasteiger partial charge in [-0.2, -0.15) is 0 Å². The highest BCUT2D eigenvalue weighted by atomic mass is 16.5. The first-order chi connectivity index (χ1) is 11.6. The van der Waals surface area contributed by atoms with Crippen molar-refractivity contribution in [1.29, 1.82) is 0 Å². The lowest BCUT2D eigenvalue weighted by molar-refractivity contribution is -0.142. The monoisotopic (exact) mass is 333 g/mol. The van der Waals surface area contributed by atoms with Gasteiger partial charge in [0.2, 0.25) is 5.91 Å². The number of hydrogen-bond donors (Lipinski definition) is 0. The Morgan fingerprint density at radius 3 is 2.83 bits per heavy atom. The standard InChI is InChI=1S/C18H23NO5/c1-12-10-24-16-8-13(18(21)22-2)5-6-14(16)9-19(12)17(20)15-4-3-7-23-11-15/h5-6,8,12,15H,3-4,7,9-11H2,1-2H3/t12-,15?/m0/s1. The predicted octanol–water partition coefficient (Wildman–Crippen LogP) is 2.01. The highest BCUT2D eigenvalue weighted by molar-refractivity contribution is 5.90. The van der Waals surface area contributed by atoms with Crippen molar-refractivity contribution in [2.24, 2.45) is 5.92 Å². The Hall–Kier alpha value is -2.08. The van der Waals surface area contributed by atoms with Crippen LogP contribution in [0, 0.1) is 5.92 Å². The van der Waals surface area contributed by atoms with Gasteiger partial charge < -0.3 is 19.1 Å². The lowest BCUT2D eigenvalue weighted by Crippen LogP contribution is -2.45. The van der Waals surface area contributed by atoms with Gasteiger partial charge >= 0.3 is 5.97 Å². The zero-order valence-corrected chi connectivity index (χ0v) is 14.1. The zero-order valence-electron chi connectivity index (χ0n) is 14.1. The highest BCUT2D eigenvalue weighted by Gasteiger charge is 2.32. The van der Waals surface area contributed by atoms with Crippen molar-refractivity contribution in [3.63, 3.8) is 0 Å². The molecule has 2 atom stereocenters. The van der Waals surface area contributed by atoms with Crippen LogP contribution in [-0.2, 0) is 20.8 Å². The zero-order chi connectivity index (χ0) is 17.1. The number of hydrogen-bond acceptors (Lipinski definition) is 5. The molecule has 2 heterocycles. The van der Waals surface area contributed by atoms with Gasteiger partial charge in [0.15, 0.2) is 0 Å². The molecule has 1 aromatic carbocycles. The van der Waals surface area contributed by atoms with Crippen molar-refractivity contribution in [3.05, 3.63) is 29.3 Å². The minimum absolute atomic E-state index is 0.0339. The van der Waals surface area contributed by atoms with Crippen molar-refractivity contribution in [1.82, 2.24) is 4.90 Å². The van der Waals surface area contributed by atoms with Crippen molar-refractivity contribution in [2.75, 3.05) is 26.9 Å². The first kappa shape index (κ1) is 16.8. The SMILES string of the molecule is COC(=O)c1ccc2c(c1)OC[C@H](C)N(C(=O)C1CCCOC1)C2. The molecule has 6 heteroatoms. The second-order valence-electron chi connectivity index (χ2n) is 6.35. The fourth-order valence-corrected chi connectivity index (χ4v) is 3.17. The van der Waals surface area contributed by atoms with Crippen molar-refractivity contribution in [2.45, 2.75) is 32.4 Å². The maximum Gasteiger partial charge on any atom is 0.337 e. The number of rotatable bonds is 2. The molecule has 24 heavy (non-hydrogen) atoms. The van der Waals surface area contributed by atoms with Crippen molar-refractivity contribution < 1.29 is 23.8 Å². The molecule has 0 radical (unpaired) electrons. The van der Waals surface area contributed by atoms with Gasteiger partial charge in [0, 0.05) is 18.7 Å². The summed E-state index contributed by atoms with van der Waals surface area (Å²) < 4.78 is 16.0. The van der Waals surface area contributed by atoms with E-state index in [1.165, 1.54) is 7.11 Å². The van der Waals surface area contributed by atoms with Crippen LogP contribution in [0.2, 0.25) is 0 Å². The Morgan fingerprint density at radius 2 is 2.12 bits per heavy atom. The fraction of sp³-hybridized carbons (Fsp3) is 0.556. The van der Waals surface area contributed by atoms with Gasteiger partial charge in [-0.1, -0.05) is 6.07 Å². The summed E-state index contributed by atoms with van der Waals surface area (Å²) in [6, 6.07) is 5.19. The molecule has 3 rings (SSSR count). The number of fused-ring (bicyclic) bond motifs is 1. The molecule has 1 aromatic rings. The Bertz CT molecular complexity index is 624. The maximum atomic E-state index is 12.9. The molecule has 0 N–H and O–H groups in total. The van der Waals surface area contributed by atoms with Gasteiger partial charge in [0.1, 0.15) is 12.4 Å². The lowest BCUT2D eigenvalue weighted by Gasteiger charge is -2.31. The predicted molar refractivity (Wildman–Crippen MR) is 86.8 cm³/mol. The van der Waals surface area contributed by atoms with Crippen LogP contribution in [0.1, 0.15) is 35.7 Å². The molecule has 1 fully saturated rings. The molecule has 2 aliphatic rings. The molecule has 0 bridgehead atoms. The van der Waals surface area contributed by atoms with Crippen LogP contribution in [0.25, 0.3) is 0 Å². The molecule has 6 nitrogen and oxygen atoms in total. The number of carbonyl (C=O) groups excluding carboxylic acids is 2. The summed E-state index contributed by atoms with van der Waals surface area (Å²) in [5, 5.41) is 0. The van der Waals surface area contributed by atoms with E-state index in [1.807, 2.05) is 17.9 Å². The van der Waals surface area contributed by atoms with E-state index in [4.69, 9.17) is 14.2 Å². The van der Waals surface area contributed by atoms with Gasteiger partial charge in [-0.25, -0.2) is 4.79 Å². The molecule has 1 unspecified atom stereocenters. The van der Waals surface area contributed by atoms with E-state index in [9.17, 15) is 9.59 Å². The summed E-state index contributed by atoms with van der Waals surface area (Å²) in [5.74, 6) is 0.290. The third-order valence-corrected chi connectivity index (χ3v) is 4.63. The number of ether oxygens (including phenoxy) is 3. The van der Waals surface area contributed by atoms with Gasteiger partial charge in [-0.3, -0.25) is 4.79 Å². The number of methoxy groups -OCH3 is 1. The quantitative estimate of drug-likeness (QED) is 0.775. The summed E-state index contributed by atoms with van der Waals surface area (Å²) in [7, 11) is 1.35. The van der Waals surface area contributed by atoms with Gasteiger partial charge in [-0.05, 0) is 31.9 Å². The van der Waals surface area contributed by atoms with E-state index >= 15 is 0 Å². The van der Waals surface area contributed by atoms with E-state index in [0.717, 1.165) is 25.0 Å². The second-order valence-corrected chi connectivity index (χ2v) is 6.35. The lowest BCUT2D eigenvalue weighted by atomic mass is 9.99. The van der Waals surface area contributed by atoms with E-state index in [-0.39, 0.29) is 17.9 Å². The van der Waals surface area contributed by atoms with Crippen LogP contribution in [-0.4, -0.2) is 49.7 Å². The minimum atomic E-state index is -0.397. The topological polar surface area (TPSA) is 65.1 Å². The smallest absolute Gasteiger partial charge is 0.337 e. The summed E-state index contributed by atoms with van der Waals surface area (Å²) in [4.78, 5) is 26.4. The molecule has 0 saturated carbocycles. The van der Waals surface area contributed by atoms with Gasteiger partial charge in [0.25, 0.3) is 0 Å². The minimum Gasteiger partial charge on any atom is -0.491 e. The number of carbonyl (C=O) groups is 2. The van der Waals surface area contributed by atoms with Crippen LogP contribution in [0.5, 0.6) is 5.75 Å². The molecule has 130 valence electrons. The molecule has 2 aliphatic heterocycles. The van der Waals surface area contributed by atoms with Crippen LogP contribution in [0.15, 0.2) is 18.2 Å². The summed E-state index contributed by atoms with van der Waals surface area (Å²) >= 11 is 0. The molecular weight excluding hydrogens is 310 g/mol. The van der Waals surface area contributed by atoms with Gasteiger partial charge in [-0.15, -0.1) is 0 Å². The van der Waals surface area contributed by atoms with Crippen LogP contribution < -0.4 is 4.74 Å². The first-order valence-electron chi connectivity index (χ1n) is 8.32. The highest BCUT2D eigenvalue weighted by Crippen LogP contribution is 2.28. The molecule has 1 amide bonds. The first-order valence-corrected chi connectivity index (χ1v) is 8.32.